The molecule has 1 aliphatic rings. The van der Waals surface area contributed by atoms with Crippen molar-refractivity contribution in [1.82, 2.24) is 19.9 Å². The number of likely N-dealkylation sites (tertiary alicyclic amines) is 1. The molecule has 1 aliphatic heterocycles. The first kappa shape index (κ1) is 24.0. The number of hydrogen-bond donors (Lipinski definition) is 2. The van der Waals surface area contributed by atoms with E-state index in [0.29, 0.717) is 17.0 Å². The topological polar surface area (TPSA) is 82.4 Å². The van der Waals surface area contributed by atoms with E-state index in [2.05, 4.69) is 71.6 Å². The fourth-order valence-corrected chi connectivity index (χ4v) is 4.85. The standard InChI is InChI=1S/C28H32N4O2/c1-20(2)22-7-9-23(10-8-22)28(34,26(3)18-32(5)19-26)24-15-21(16-29-17-24)11-12-27(4,33)25-30-13-6-14-31-25/h6-10,13-17,20,33-34H,18-19H2,1-5H3. The van der Waals surface area contributed by atoms with Crippen LogP contribution in [0.3, 0.4) is 0 Å². The van der Waals surface area contributed by atoms with Crippen LogP contribution in [0.4, 0.5) is 0 Å². The van der Waals surface area contributed by atoms with Crippen molar-refractivity contribution in [3.05, 3.63) is 89.3 Å². The van der Waals surface area contributed by atoms with Crippen LogP contribution in [-0.2, 0) is 11.2 Å². The van der Waals surface area contributed by atoms with Gasteiger partial charge in [0.25, 0.3) is 0 Å². The molecule has 3 aromatic rings. The summed E-state index contributed by atoms with van der Waals surface area (Å²) in [6.45, 7) is 9.50. The highest BCUT2D eigenvalue weighted by Crippen LogP contribution is 2.50. The van der Waals surface area contributed by atoms with Crippen molar-refractivity contribution in [2.24, 2.45) is 5.41 Å². The van der Waals surface area contributed by atoms with Gasteiger partial charge in [-0.25, -0.2) is 9.97 Å². The van der Waals surface area contributed by atoms with Gasteiger partial charge in [0.2, 0.25) is 0 Å². The van der Waals surface area contributed by atoms with Crippen molar-refractivity contribution >= 4 is 0 Å². The molecule has 1 aromatic carbocycles. The lowest BCUT2D eigenvalue weighted by Gasteiger charge is -2.55. The van der Waals surface area contributed by atoms with Gasteiger partial charge in [0, 0.05) is 54.4 Å². The summed E-state index contributed by atoms with van der Waals surface area (Å²) in [5.41, 5.74) is 0.200. The monoisotopic (exact) mass is 456 g/mol. The second-order valence-electron chi connectivity index (χ2n) is 10.1. The van der Waals surface area contributed by atoms with E-state index in [-0.39, 0.29) is 5.82 Å². The minimum Gasteiger partial charge on any atom is -0.380 e. The highest BCUT2D eigenvalue weighted by molar-refractivity contribution is 5.45. The molecule has 0 amide bonds. The summed E-state index contributed by atoms with van der Waals surface area (Å²) in [7, 11) is 2.05. The van der Waals surface area contributed by atoms with Crippen molar-refractivity contribution in [3.8, 4) is 11.8 Å². The molecule has 0 bridgehead atoms. The van der Waals surface area contributed by atoms with Crippen LogP contribution in [0.25, 0.3) is 0 Å². The van der Waals surface area contributed by atoms with Crippen molar-refractivity contribution in [2.45, 2.75) is 44.8 Å². The van der Waals surface area contributed by atoms with Gasteiger partial charge < -0.3 is 15.1 Å². The van der Waals surface area contributed by atoms with Gasteiger partial charge in [0.05, 0.1) is 0 Å². The minimum absolute atomic E-state index is 0.235. The average Bonchev–Trinajstić information content (AvgIpc) is 2.82. The Hall–Kier alpha value is -3.11. The minimum atomic E-state index is -1.51. The molecule has 6 nitrogen and oxygen atoms in total. The Labute approximate surface area is 201 Å². The van der Waals surface area contributed by atoms with E-state index in [1.807, 2.05) is 18.2 Å². The maximum Gasteiger partial charge on any atom is 0.182 e. The molecular weight excluding hydrogens is 424 g/mol. The molecule has 0 saturated carbocycles. The van der Waals surface area contributed by atoms with Crippen molar-refractivity contribution in [2.75, 3.05) is 20.1 Å². The highest BCUT2D eigenvalue weighted by Gasteiger charge is 2.55. The number of pyridine rings is 1. The number of hydrogen-bond acceptors (Lipinski definition) is 6. The predicted octanol–water partition coefficient (Wildman–Crippen LogP) is 3.44. The van der Waals surface area contributed by atoms with E-state index in [1.165, 1.54) is 5.56 Å². The normalized spacial score (nSPS) is 18.8. The summed E-state index contributed by atoms with van der Waals surface area (Å²) in [5, 5.41) is 23.1. The first-order valence-electron chi connectivity index (χ1n) is 11.6. The van der Waals surface area contributed by atoms with Crippen LogP contribution >= 0.6 is 0 Å². The number of nitrogens with zero attached hydrogens (tertiary/aromatic N) is 4. The molecule has 3 heterocycles. The maximum absolute atomic E-state index is 12.3. The van der Waals surface area contributed by atoms with Crippen molar-refractivity contribution in [3.63, 3.8) is 0 Å². The molecule has 1 saturated heterocycles. The molecule has 1 fully saturated rings. The summed E-state index contributed by atoms with van der Waals surface area (Å²) in [5.74, 6) is 6.50. The third kappa shape index (κ3) is 4.35. The second-order valence-corrected chi connectivity index (χ2v) is 10.1. The molecule has 0 radical (unpaired) electrons. The molecule has 0 aliphatic carbocycles. The van der Waals surface area contributed by atoms with Gasteiger partial charge in [-0.2, -0.15) is 0 Å². The van der Waals surface area contributed by atoms with Gasteiger partial charge in [0.15, 0.2) is 11.4 Å². The lowest BCUT2D eigenvalue weighted by atomic mass is 9.62. The molecule has 2 aromatic heterocycles. The summed E-state index contributed by atoms with van der Waals surface area (Å²) in [6, 6.07) is 11.8. The summed E-state index contributed by atoms with van der Waals surface area (Å²) < 4.78 is 0. The van der Waals surface area contributed by atoms with E-state index >= 15 is 0 Å². The van der Waals surface area contributed by atoms with Crippen LogP contribution < -0.4 is 0 Å². The van der Waals surface area contributed by atoms with Crippen molar-refractivity contribution < 1.29 is 10.2 Å². The van der Waals surface area contributed by atoms with Gasteiger partial charge in [-0.05, 0) is 43.1 Å². The van der Waals surface area contributed by atoms with E-state index in [1.54, 1.807) is 37.8 Å². The SMILES string of the molecule is CC(C)c1ccc(C(O)(c2cncc(C#CC(C)(O)c3ncccn3)c2)C2(C)CN(C)C2)cc1. The van der Waals surface area contributed by atoms with Gasteiger partial charge in [-0.1, -0.05) is 56.9 Å². The molecule has 34 heavy (non-hydrogen) atoms. The quantitative estimate of drug-likeness (QED) is 0.573. The predicted molar refractivity (Wildman–Crippen MR) is 132 cm³/mol. The fraction of sp³-hybridized carbons (Fsp3) is 0.393. The molecule has 2 atom stereocenters. The molecule has 0 spiro atoms. The van der Waals surface area contributed by atoms with Crippen LogP contribution in [0.5, 0.6) is 0 Å². The lowest BCUT2D eigenvalue weighted by Crippen LogP contribution is -2.63. The van der Waals surface area contributed by atoms with E-state index in [9.17, 15) is 10.2 Å². The third-order valence-electron chi connectivity index (χ3n) is 6.71. The summed E-state index contributed by atoms with van der Waals surface area (Å²) in [6.07, 6.45) is 6.49. The van der Waals surface area contributed by atoms with Gasteiger partial charge in [-0.15, -0.1) is 0 Å². The van der Waals surface area contributed by atoms with Crippen LogP contribution in [-0.4, -0.2) is 50.2 Å². The zero-order valence-corrected chi connectivity index (χ0v) is 20.4. The Bertz CT molecular complexity index is 1210. The Morgan fingerprint density at radius 3 is 2.26 bits per heavy atom. The van der Waals surface area contributed by atoms with Gasteiger partial charge >= 0.3 is 0 Å². The largest absolute Gasteiger partial charge is 0.380 e. The second kappa shape index (κ2) is 8.92. The lowest BCUT2D eigenvalue weighted by molar-refractivity contribution is -0.127. The summed E-state index contributed by atoms with van der Waals surface area (Å²) >= 11 is 0. The molecule has 176 valence electrons. The number of rotatable bonds is 5. The number of benzene rings is 1. The maximum atomic E-state index is 12.3. The van der Waals surface area contributed by atoms with Crippen molar-refractivity contribution in [1.29, 1.82) is 0 Å². The van der Waals surface area contributed by atoms with Crippen LogP contribution in [0.15, 0.2) is 61.2 Å². The highest BCUT2D eigenvalue weighted by atomic mass is 16.3. The van der Waals surface area contributed by atoms with E-state index in [4.69, 9.17) is 0 Å². The molecule has 2 N–H and O–H groups in total. The Morgan fingerprint density at radius 2 is 1.68 bits per heavy atom. The van der Waals surface area contributed by atoms with Gasteiger partial charge in [0.1, 0.15) is 5.60 Å². The summed E-state index contributed by atoms with van der Waals surface area (Å²) in [4.78, 5) is 14.8. The third-order valence-corrected chi connectivity index (χ3v) is 6.71. The molecular formula is C28H32N4O2. The first-order valence-corrected chi connectivity index (χ1v) is 11.6. The van der Waals surface area contributed by atoms with Crippen LogP contribution in [0.2, 0.25) is 0 Å². The molecule has 4 rings (SSSR count). The smallest absolute Gasteiger partial charge is 0.182 e. The Balaban J connectivity index is 1.75. The van der Waals surface area contributed by atoms with E-state index in [0.717, 1.165) is 18.7 Å². The van der Waals surface area contributed by atoms with Crippen LogP contribution in [0.1, 0.15) is 61.7 Å². The zero-order chi connectivity index (χ0) is 24.6. The van der Waals surface area contributed by atoms with Crippen LogP contribution in [0, 0.1) is 17.3 Å². The first-order chi connectivity index (χ1) is 16.0. The zero-order valence-electron chi connectivity index (χ0n) is 20.4. The van der Waals surface area contributed by atoms with E-state index < -0.39 is 16.6 Å². The fourth-order valence-electron chi connectivity index (χ4n) is 4.85. The Morgan fingerprint density at radius 1 is 1.03 bits per heavy atom. The molecule has 2 unspecified atom stereocenters. The van der Waals surface area contributed by atoms with Gasteiger partial charge in [-0.3, -0.25) is 4.98 Å². The number of aromatic nitrogens is 3. The average molecular weight is 457 g/mol. The molecule has 6 heteroatoms. The Kier molecular flexibility index (Phi) is 6.30. The number of aliphatic hydroxyl groups is 2.